The van der Waals surface area contributed by atoms with Crippen LogP contribution in [0.5, 0.6) is 0 Å². The molecule has 1 fully saturated rings. The lowest BCUT2D eigenvalue weighted by atomic mass is 10.2. The van der Waals surface area contributed by atoms with Gasteiger partial charge in [0.2, 0.25) is 0 Å². The Hall–Kier alpha value is -2.27. The zero-order valence-electron chi connectivity index (χ0n) is 18.2. The number of carbonyl (C=O) groups is 1. The summed E-state index contributed by atoms with van der Waals surface area (Å²) in [5, 5.41) is -0.537. The third-order valence-electron chi connectivity index (χ3n) is 5.03. The maximum atomic E-state index is 13.1. The molecule has 0 bridgehead atoms. The van der Waals surface area contributed by atoms with E-state index in [9.17, 15) is 27.6 Å². The summed E-state index contributed by atoms with van der Waals surface area (Å²) in [7, 11) is 0. The highest BCUT2D eigenvalue weighted by Crippen LogP contribution is 2.32. The standard InChI is InChI=1S/C20H26F3N3O6S/c1-4-8-30-14-10-16(26-11-13(20(21,22)23)17(27)24-18(26)28)32-15(14)12-31-19(29)33-9-7-25(5-2)6-3/h1,11,14-16H,5-10,12H2,2-3H3,(H,24,27,28)/t14-,15+,16+/m0/s1. The molecule has 0 unspecified atom stereocenters. The predicted octanol–water partition coefficient (Wildman–Crippen LogP) is 2.07. The minimum atomic E-state index is -4.96. The van der Waals surface area contributed by atoms with Gasteiger partial charge in [-0.3, -0.25) is 14.3 Å². The van der Waals surface area contributed by atoms with Crippen LogP contribution in [-0.2, 0) is 20.4 Å². The predicted molar refractivity (Wildman–Crippen MR) is 115 cm³/mol. The molecule has 0 saturated carbocycles. The van der Waals surface area contributed by atoms with Gasteiger partial charge in [0.15, 0.2) is 0 Å². The van der Waals surface area contributed by atoms with Crippen molar-refractivity contribution in [1.29, 1.82) is 0 Å². The Morgan fingerprint density at radius 3 is 2.70 bits per heavy atom. The van der Waals surface area contributed by atoms with Crippen LogP contribution in [0.25, 0.3) is 0 Å². The average molecular weight is 494 g/mol. The summed E-state index contributed by atoms with van der Waals surface area (Å²) >= 11 is 0.992. The number of ether oxygens (including phenoxy) is 3. The molecule has 9 nitrogen and oxygen atoms in total. The number of hydrogen-bond acceptors (Lipinski definition) is 8. The van der Waals surface area contributed by atoms with Gasteiger partial charge in [0.1, 0.15) is 31.1 Å². The van der Waals surface area contributed by atoms with Crippen LogP contribution in [0.2, 0.25) is 0 Å². The monoisotopic (exact) mass is 493 g/mol. The fourth-order valence-corrected chi connectivity index (χ4v) is 3.91. The molecule has 2 rings (SSSR count). The normalized spacial score (nSPS) is 20.7. The topological polar surface area (TPSA) is 103 Å². The molecule has 1 aliphatic heterocycles. The Morgan fingerprint density at radius 2 is 2.09 bits per heavy atom. The fraction of sp³-hybridized carbons (Fsp3) is 0.650. The maximum absolute atomic E-state index is 13.1. The van der Waals surface area contributed by atoms with Crippen molar-refractivity contribution in [3.63, 3.8) is 0 Å². The summed E-state index contributed by atoms with van der Waals surface area (Å²) in [6, 6.07) is 0. The number of rotatable bonds is 10. The molecule has 0 amide bonds. The number of nitrogens with one attached hydrogen (secondary N) is 1. The molecule has 184 valence electrons. The number of nitrogens with zero attached hydrogens (tertiary/aromatic N) is 2. The highest BCUT2D eigenvalue weighted by molar-refractivity contribution is 8.13. The second-order valence-corrected chi connectivity index (χ2v) is 8.09. The van der Waals surface area contributed by atoms with Crippen molar-refractivity contribution >= 4 is 17.1 Å². The van der Waals surface area contributed by atoms with Crippen molar-refractivity contribution in [1.82, 2.24) is 14.5 Å². The third kappa shape index (κ3) is 7.63. The van der Waals surface area contributed by atoms with Crippen LogP contribution in [0, 0.1) is 12.3 Å². The Morgan fingerprint density at radius 1 is 1.39 bits per heavy atom. The summed E-state index contributed by atoms with van der Waals surface area (Å²) in [5.41, 5.74) is -4.15. The maximum Gasteiger partial charge on any atom is 0.423 e. The first-order chi connectivity index (χ1) is 15.6. The van der Waals surface area contributed by atoms with E-state index < -0.39 is 46.7 Å². The molecular weight excluding hydrogens is 467 g/mol. The van der Waals surface area contributed by atoms with Crippen LogP contribution in [0.3, 0.4) is 0 Å². The van der Waals surface area contributed by atoms with Crippen molar-refractivity contribution in [2.45, 2.75) is 44.9 Å². The van der Waals surface area contributed by atoms with Crippen molar-refractivity contribution < 1.29 is 32.2 Å². The Bertz CT molecular complexity index is 954. The summed E-state index contributed by atoms with van der Waals surface area (Å²) in [5.74, 6) is 2.80. The van der Waals surface area contributed by atoms with Crippen molar-refractivity contribution in [2.75, 3.05) is 38.6 Å². The molecule has 13 heteroatoms. The summed E-state index contributed by atoms with van der Waals surface area (Å²) in [6.45, 7) is 6.10. The number of carbonyl (C=O) groups excluding carboxylic acids is 1. The molecule has 1 saturated heterocycles. The van der Waals surface area contributed by atoms with E-state index in [1.165, 1.54) is 0 Å². The highest BCUT2D eigenvalue weighted by Gasteiger charge is 2.40. The van der Waals surface area contributed by atoms with Gasteiger partial charge in [-0.1, -0.05) is 19.8 Å². The Kier molecular flexibility index (Phi) is 10.0. The van der Waals surface area contributed by atoms with Gasteiger partial charge in [-0.15, -0.1) is 6.42 Å². The zero-order chi connectivity index (χ0) is 24.6. The van der Waals surface area contributed by atoms with E-state index in [0.717, 1.165) is 24.9 Å². The number of alkyl halides is 3. The van der Waals surface area contributed by atoms with Gasteiger partial charge in [0, 0.05) is 24.9 Å². The molecule has 0 spiro atoms. The van der Waals surface area contributed by atoms with Gasteiger partial charge in [0.05, 0.1) is 6.10 Å². The number of halogens is 3. The SMILES string of the molecule is C#CCO[C@H]1C[C@H](n2cc(C(F)(F)F)c(=O)[nH]c2=O)O[C@@H]1COC(=O)SCCN(CC)CC. The lowest BCUT2D eigenvalue weighted by Gasteiger charge is -2.19. The van der Waals surface area contributed by atoms with Crippen LogP contribution >= 0.6 is 11.8 Å². The Labute approximate surface area is 192 Å². The van der Waals surface area contributed by atoms with Crippen molar-refractivity contribution in [3.05, 3.63) is 32.6 Å². The number of H-pyrrole nitrogens is 1. The lowest BCUT2D eigenvalue weighted by molar-refractivity contribution is -0.139. The molecule has 0 radical (unpaired) electrons. The molecule has 33 heavy (non-hydrogen) atoms. The lowest BCUT2D eigenvalue weighted by Crippen LogP contribution is -2.36. The zero-order valence-corrected chi connectivity index (χ0v) is 19.0. The van der Waals surface area contributed by atoms with E-state index >= 15 is 0 Å². The molecule has 1 aromatic rings. The van der Waals surface area contributed by atoms with Gasteiger partial charge in [-0.05, 0) is 24.9 Å². The van der Waals surface area contributed by atoms with Crippen LogP contribution < -0.4 is 11.2 Å². The highest BCUT2D eigenvalue weighted by atomic mass is 32.2. The Balaban J connectivity index is 2.06. The first kappa shape index (κ1) is 27.0. The molecule has 2 heterocycles. The first-order valence-electron chi connectivity index (χ1n) is 10.3. The molecule has 1 aliphatic rings. The average Bonchev–Trinajstić information content (AvgIpc) is 3.15. The molecule has 3 atom stereocenters. The molecule has 1 N–H and O–H groups in total. The second kappa shape index (κ2) is 12.3. The first-order valence-corrected chi connectivity index (χ1v) is 11.2. The molecular formula is C20H26F3N3O6S. The number of thioether (sulfide) groups is 1. The summed E-state index contributed by atoms with van der Waals surface area (Å²) < 4.78 is 56.3. The fourth-order valence-electron chi connectivity index (χ4n) is 3.24. The van der Waals surface area contributed by atoms with Crippen LogP contribution in [0.4, 0.5) is 18.0 Å². The molecule has 0 aliphatic carbocycles. The van der Waals surface area contributed by atoms with E-state index in [1.54, 1.807) is 4.98 Å². The molecule has 0 aromatic carbocycles. The third-order valence-corrected chi connectivity index (χ3v) is 5.77. The van der Waals surface area contributed by atoms with E-state index in [1.807, 2.05) is 13.8 Å². The van der Waals surface area contributed by atoms with Gasteiger partial charge in [-0.2, -0.15) is 13.2 Å². The van der Waals surface area contributed by atoms with E-state index in [2.05, 4.69) is 10.8 Å². The van der Waals surface area contributed by atoms with Gasteiger partial charge >= 0.3 is 17.2 Å². The van der Waals surface area contributed by atoms with Crippen LogP contribution in [-0.4, -0.2) is 70.6 Å². The van der Waals surface area contributed by atoms with Crippen molar-refractivity contribution in [2.24, 2.45) is 0 Å². The van der Waals surface area contributed by atoms with E-state index in [-0.39, 0.29) is 19.6 Å². The quantitative estimate of drug-likeness (QED) is 0.391. The van der Waals surface area contributed by atoms with Gasteiger partial charge in [-0.25, -0.2) is 9.59 Å². The van der Waals surface area contributed by atoms with Crippen molar-refractivity contribution in [3.8, 4) is 12.3 Å². The number of aromatic nitrogens is 2. The minimum Gasteiger partial charge on any atom is -0.455 e. The summed E-state index contributed by atoms with van der Waals surface area (Å²) in [4.78, 5) is 39.5. The summed E-state index contributed by atoms with van der Waals surface area (Å²) in [6.07, 6.45) is -2.19. The minimum absolute atomic E-state index is 0.0394. The molecule has 1 aromatic heterocycles. The van der Waals surface area contributed by atoms with Gasteiger partial charge in [0.25, 0.3) is 5.56 Å². The van der Waals surface area contributed by atoms with E-state index in [4.69, 9.17) is 20.6 Å². The number of aromatic amines is 1. The second-order valence-electron chi connectivity index (χ2n) is 7.06. The van der Waals surface area contributed by atoms with E-state index in [0.29, 0.717) is 23.1 Å². The van der Waals surface area contributed by atoms with Crippen LogP contribution in [0.1, 0.15) is 32.1 Å². The number of terminal acetylenes is 1. The largest absolute Gasteiger partial charge is 0.455 e. The smallest absolute Gasteiger partial charge is 0.423 e. The van der Waals surface area contributed by atoms with Crippen LogP contribution in [0.15, 0.2) is 15.8 Å². The van der Waals surface area contributed by atoms with Gasteiger partial charge < -0.3 is 19.1 Å². The number of hydrogen-bond donors (Lipinski definition) is 1.